The van der Waals surface area contributed by atoms with Gasteiger partial charge >= 0.3 is 0 Å². The summed E-state index contributed by atoms with van der Waals surface area (Å²) in [7, 11) is -8.53. The second kappa shape index (κ2) is 5.09. The lowest BCUT2D eigenvalue weighted by molar-refractivity contribution is 0.353. The molecule has 0 radical (unpaired) electrons. The molecule has 1 rings (SSSR count). The summed E-state index contributed by atoms with van der Waals surface area (Å²) in [4.78, 5) is 0. The Kier molecular flexibility index (Phi) is 4.50. The minimum absolute atomic E-state index is 0.488. The smallest absolute Gasteiger partial charge is 0.282 e. The standard InChI is InChI=1S/C11H22O5S2/c1-11(2,3)17(12,13)10(18(14,15)16)9-7-5-4-6-8-9/h9-10H,4-8H2,1-3H3,(H,14,15,16). The maximum atomic E-state index is 12.4. The van der Waals surface area contributed by atoms with Gasteiger partial charge in [0.15, 0.2) is 14.4 Å². The van der Waals surface area contributed by atoms with Gasteiger partial charge in [0.2, 0.25) is 0 Å². The SMILES string of the molecule is CC(C)(C)S(=O)(=O)C(C1CCCCC1)S(=O)(=O)O. The Labute approximate surface area is 110 Å². The van der Waals surface area contributed by atoms with Gasteiger partial charge in [-0.05, 0) is 39.5 Å². The van der Waals surface area contributed by atoms with E-state index in [0.29, 0.717) is 12.8 Å². The van der Waals surface area contributed by atoms with Crippen LogP contribution in [0.4, 0.5) is 0 Å². The fraction of sp³-hybridized carbons (Fsp3) is 1.00. The molecule has 1 N–H and O–H groups in total. The molecule has 108 valence electrons. The normalized spacial score (nSPS) is 21.8. The molecule has 18 heavy (non-hydrogen) atoms. The maximum absolute atomic E-state index is 12.4. The fourth-order valence-corrected chi connectivity index (χ4v) is 6.79. The minimum Gasteiger partial charge on any atom is -0.285 e. The van der Waals surface area contributed by atoms with Crippen LogP contribution >= 0.6 is 0 Å². The summed E-state index contributed by atoms with van der Waals surface area (Å²) in [5.41, 5.74) is 0. The fourth-order valence-electron chi connectivity index (χ4n) is 2.41. The second-order valence-electron chi connectivity index (χ2n) is 5.94. The summed E-state index contributed by atoms with van der Waals surface area (Å²) >= 11 is 0. The van der Waals surface area contributed by atoms with Crippen LogP contribution in [0, 0.1) is 5.92 Å². The van der Waals surface area contributed by atoms with Crippen molar-refractivity contribution in [2.24, 2.45) is 5.92 Å². The Bertz CT molecular complexity index is 478. The van der Waals surface area contributed by atoms with Crippen LogP contribution in [0.25, 0.3) is 0 Å². The van der Waals surface area contributed by atoms with Gasteiger partial charge in [0, 0.05) is 0 Å². The van der Waals surface area contributed by atoms with Gasteiger partial charge in [-0.1, -0.05) is 19.3 Å². The number of rotatable bonds is 3. The highest BCUT2D eigenvalue weighted by molar-refractivity contribution is 8.07. The lowest BCUT2D eigenvalue weighted by atomic mass is 9.91. The molecule has 0 heterocycles. The Morgan fingerprint density at radius 3 is 1.78 bits per heavy atom. The van der Waals surface area contributed by atoms with Crippen molar-refractivity contribution in [1.29, 1.82) is 0 Å². The summed E-state index contributed by atoms with van der Waals surface area (Å²) in [6.45, 7) is 4.38. The van der Waals surface area contributed by atoms with Gasteiger partial charge < -0.3 is 0 Å². The van der Waals surface area contributed by atoms with Crippen LogP contribution in [-0.4, -0.2) is 30.7 Å². The van der Waals surface area contributed by atoms with Crippen LogP contribution < -0.4 is 0 Å². The van der Waals surface area contributed by atoms with Crippen molar-refractivity contribution in [3.63, 3.8) is 0 Å². The molecule has 0 spiro atoms. The lowest BCUT2D eigenvalue weighted by Gasteiger charge is -2.32. The zero-order valence-corrected chi connectivity index (χ0v) is 12.7. The molecule has 7 heteroatoms. The van der Waals surface area contributed by atoms with Crippen molar-refractivity contribution in [2.45, 2.75) is 62.2 Å². The average molecular weight is 298 g/mol. The topological polar surface area (TPSA) is 88.5 Å². The largest absolute Gasteiger partial charge is 0.285 e. The third kappa shape index (κ3) is 3.24. The maximum Gasteiger partial charge on any atom is 0.282 e. The first-order chi connectivity index (χ1) is 7.98. The second-order valence-corrected chi connectivity index (χ2v) is 10.6. The molecule has 0 bridgehead atoms. The molecule has 1 aliphatic rings. The van der Waals surface area contributed by atoms with Gasteiger partial charge in [-0.2, -0.15) is 8.42 Å². The van der Waals surface area contributed by atoms with Crippen LogP contribution in [0.5, 0.6) is 0 Å². The van der Waals surface area contributed by atoms with Crippen LogP contribution in [0.3, 0.4) is 0 Å². The third-order valence-electron chi connectivity index (χ3n) is 3.49. The molecule has 1 atom stereocenters. The van der Waals surface area contributed by atoms with Gasteiger partial charge in [-0.3, -0.25) is 4.55 Å². The van der Waals surface area contributed by atoms with E-state index in [9.17, 15) is 21.4 Å². The predicted molar refractivity (Wildman–Crippen MR) is 70.6 cm³/mol. The summed E-state index contributed by atoms with van der Waals surface area (Å²) < 4.78 is 54.2. The van der Waals surface area contributed by atoms with Crippen molar-refractivity contribution in [3.8, 4) is 0 Å². The van der Waals surface area contributed by atoms with Crippen molar-refractivity contribution < 1.29 is 21.4 Å². The highest BCUT2D eigenvalue weighted by Crippen LogP contribution is 2.36. The molecule has 1 aliphatic carbocycles. The zero-order valence-electron chi connectivity index (χ0n) is 11.1. The van der Waals surface area contributed by atoms with Crippen molar-refractivity contribution in [3.05, 3.63) is 0 Å². The molecule has 0 saturated heterocycles. The number of hydrogen-bond acceptors (Lipinski definition) is 4. The van der Waals surface area contributed by atoms with Crippen LogP contribution in [-0.2, 0) is 20.0 Å². The molecule has 5 nitrogen and oxygen atoms in total. The molecular formula is C11H22O5S2. The summed E-state index contributed by atoms with van der Waals surface area (Å²) in [6, 6.07) is 0. The van der Waals surface area contributed by atoms with Crippen LogP contribution in [0.2, 0.25) is 0 Å². The first-order valence-corrected chi connectivity index (χ1v) is 9.22. The first-order valence-electron chi connectivity index (χ1n) is 6.17. The Balaban J connectivity index is 3.23. The van der Waals surface area contributed by atoms with E-state index in [-0.39, 0.29) is 0 Å². The Morgan fingerprint density at radius 2 is 1.44 bits per heavy atom. The zero-order chi connectivity index (χ0) is 14.2. The molecule has 0 aromatic rings. The van der Waals surface area contributed by atoms with E-state index in [0.717, 1.165) is 19.3 Å². The number of hydrogen-bond donors (Lipinski definition) is 1. The van der Waals surface area contributed by atoms with Crippen LogP contribution in [0.1, 0.15) is 52.9 Å². The molecule has 1 fully saturated rings. The summed E-state index contributed by atoms with van der Waals surface area (Å²) in [5.74, 6) is -0.488. The third-order valence-corrected chi connectivity index (χ3v) is 8.65. The number of sulfone groups is 1. The summed E-state index contributed by atoms with van der Waals surface area (Å²) in [6.07, 6.45) is 3.70. The van der Waals surface area contributed by atoms with E-state index in [1.54, 1.807) is 0 Å². The van der Waals surface area contributed by atoms with Crippen molar-refractivity contribution in [2.75, 3.05) is 0 Å². The monoisotopic (exact) mass is 298 g/mol. The van der Waals surface area contributed by atoms with E-state index in [1.807, 2.05) is 0 Å². The Morgan fingerprint density at radius 1 is 1.00 bits per heavy atom. The molecule has 0 aromatic heterocycles. The predicted octanol–water partition coefficient (Wildman–Crippen LogP) is 1.99. The Hall–Kier alpha value is -0.140. The van der Waals surface area contributed by atoms with Gasteiger partial charge in [-0.15, -0.1) is 0 Å². The molecule has 1 saturated carbocycles. The quantitative estimate of drug-likeness (QED) is 0.805. The van der Waals surface area contributed by atoms with E-state index >= 15 is 0 Å². The first kappa shape index (κ1) is 15.9. The van der Waals surface area contributed by atoms with E-state index in [1.165, 1.54) is 20.8 Å². The molecule has 1 unspecified atom stereocenters. The lowest BCUT2D eigenvalue weighted by Crippen LogP contribution is -2.46. The van der Waals surface area contributed by atoms with E-state index < -0.39 is 35.2 Å². The molecule has 0 aromatic carbocycles. The van der Waals surface area contributed by atoms with Gasteiger partial charge in [0.1, 0.15) is 0 Å². The van der Waals surface area contributed by atoms with E-state index in [2.05, 4.69) is 0 Å². The van der Waals surface area contributed by atoms with Gasteiger partial charge in [0.25, 0.3) is 10.1 Å². The molecular weight excluding hydrogens is 276 g/mol. The van der Waals surface area contributed by atoms with Gasteiger partial charge in [0.05, 0.1) is 4.75 Å². The molecule has 0 amide bonds. The van der Waals surface area contributed by atoms with E-state index in [4.69, 9.17) is 0 Å². The van der Waals surface area contributed by atoms with Crippen LogP contribution in [0.15, 0.2) is 0 Å². The highest BCUT2D eigenvalue weighted by Gasteiger charge is 2.48. The minimum atomic E-state index is -4.59. The van der Waals surface area contributed by atoms with Crippen molar-refractivity contribution in [1.82, 2.24) is 0 Å². The average Bonchev–Trinajstić information content (AvgIpc) is 2.14. The molecule has 0 aliphatic heterocycles. The van der Waals surface area contributed by atoms with Gasteiger partial charge in [-0.25, -0.2) is 8.42 Å². The summed E-state index contributed by atoms with van der Waals surface area (Å²) in [5, 5.41) is 0. The van der Waals surface area contributed by atoms with Crippen molar-refractivity contribution >= 4 is 20.0 Å². The highest BCUT2D eigenvalue weighted by atomic mass is 32.3.